The van der Waals surface area contributed by atoms with Gasteiger partial charge in [0.1, 0.15) is 11.5 Å². The zero-order chi connectivity index (χ0) is 12.7. The molecule has 1 aliphatic heterocycles. The van der Waals surface area contributed by atoms with E-state index in [1.54, 1.807) is 19.0 Å². The van der Waals surface area contributed by atoms with Crippen molar-refractivity contribution in [1.82, 2.24) is 9.55 Å². The molecule has 0 atom stereocenters. The molecule has 0 radical (unpaired) electrons. The molecule has 0 aliphatic carbocycles. The van der Waals surface area contributed by atoms with Gasteiger partial charge < -0.3 is 15.5 Å². The van der Waals surface area contributed by atoms with Gasteiger partial charge >= 0.3 is 5.69 Å². The summed E-state index contributed by atoms with van der Waals surface area (Å²) in [7, 11) is 3.29. The van der Waals surface area contributed by atoms with Crippen LogP contribution >= 0.6 is 0 Å². The molecule has 2 heterocycles. The van der Waals surface area contributed by atoms with E-state index in [4.69, 9.17) is 5.73 Å². The first-order valence-corrected chi connectivity index (χ1v) is 4.99. The summed E-state index contributed by atoms with van der Waals surface area (Å²) in [6.07, 6.45) is 0. The fourth-order valence-corrected chi connectivity index (χ4v) is 2.03. The van der Waals surface area contributed by atoms with Gasteiger partial charge in [-0.25, -0.2) is 4.79 Å². The molecule has 92 valence electrons. The van der Waals surface area contributed by atoms with Crippen LogP contribution in [-0.4, -0.2) is 35.7 Å². The molecule has 1 aromatic rings. The topological polar surface area (TPSA) is 104 Å². The lowest BCUT2D eigenvalue weighted by molar-refractivity contribution is -0.116. The van der Waals surface area contributed by atoms with Crippen LogP contribution in [0.4, 0.5) is 11.5 Å². The van der Waals surface area contributed by atoms with Crippen LogP contribution in [-0.2, 0) is 11.8 Å². The minimum Gasteiger partial charge on any atom is -0.368 e. The SMILES string of the molecule is CN1CN(CC(N)=O)c2c1n(C)c(=O)[nH]c2=O. The number of aromatic amines is 1. The summed E-state index contributed by atoms with van der Waals surface area (Å²) in [5.74, 6) is -0.0421. The molecule has 8 nitrogen and oxygen atoms in total. The Labute approximate surface area is 96.2 Å². The number of carbonyl (C=O) groups excluding carboxylic acids is 1. The fourth-order valence-electron chi connectivity index (χ4n) is 2.03. The maximum atomic E-state index is 11.7. The van der Waals surface area contributed by atoms with E-state index in [2.05, 4.69) is 4.98 Å². The van der Waals surface area contributed by atoms with E-state index in [0.717, 1.165) is 0 Å². The molecule has 1 aliphatic rings. The van der Waals surface area contributed by atoms with Crippen molar-refractivity contribution in [2.75, 3.05) is 30.1 Å². The number of aromatic nitrogens is 2. The van der Waals surface area contributed by atoms with Gasteiger partial charge in [-0.1, -0.05) is 0 Å². The van der Waals surface area contributed by atoms with Gasteiger partial charge in [-0.05, 0) is 0 Å². The molecular weight excluding hydrogens is 226 g/mol. The maximum absolute atomic E-state index is 11.7. The molecule has 17 heavy (non-hydrogen) atoms. The van der Waals surface area contributed by atoms with Crippen LogP contribution in [0, 0.1) is 0 Å². The molecule has 0 bridgehead atoms. The van der Waals surface area contributed by atoms with E-state index in [0.29, 0.717) is 18.2 Å². The van der Waals surface area contributed by atoms with Gasteiger partial charge in [-0.15, -0.1) is 0 Å². The Hall–Kier alpha value is -2.25. The lowest BCUT2D eigenvalue weighted by Gasteiger charge is -2.15. The highest BCUT2D eigenvalue weighted by Crippen LogP contribution is 2.28. The number of fused-ring (bicyclic) bond motifs is 1. The molecule has 0 aromatic carbocycles. The molecule has 1 amide bonds. The standard InChI is InChI=1S/C9H13N5O3/c1-12-4-14(3-5(10)15)6-7(16)11-9(17)13(2)8(6)12/h3-4H2,1-2H3,(H2,10,15)(H,11,16,17). The van der Waals surface area contributed by atoms with Crippen molar-refractivity contribution in [2.24, 2.45) is 12.8 Å². The number of anilines is 2. The molecule has 0 saturated heterocycles. The number of amides is 1. The first-order valence-electron chi connectivity index (χ1n) is 4.99. The van der Waals surface area contributed by atoms with E-state index in [-0.39, 0.29) is 6.54 Å². The molecule has 0 fully saturated rings. The van der Waals surface area contributed by atoms with Crippen LogP contribution in [0.1, 0.15) is 0 Å². The van der Waals surface area contributed by atoms with Crippen molar-refractivity contribution in [3.8, 4) is 0 Å². The van der Waals surface area contributed by atoms with Gasteiger partial charge in [0.15, 0.2) is 0 Å². The first kappa shape index (κ1) is 11.2. The highest BCUT2D eigenvalue weighted by Gasteiger charge is 2.30. The average molecular weight is 239 g/mol. The van der Waals surface area contributed by atoms with Gasteiger partial charge in [0, 0.05) is 14.1 Å². The Bertz CT molecular complexity index is 587. The van der Waals surface area contributed by atoms with Crippen LogP contribution in [0.2, 0.25) is 0 Å². The van der Waals surface area contributed by atoms with Gasteiger partial charge in [0.25, 0.3) is 5.56 Å². The number of hydrogen-bond acceptors (Lipinski definition) is 5. The first-order chi connectivity index (χ1) is 7.91. The van der Waals surface area contributed by atoms with Crippen LogP contribution < -0.4 is 26.8 Å². The minimum absolute atomic E-state index is 0.0569. The fraction of sp³-hybridized carbons (Fsp3) is 0.444. The summed E-state index contributed by atoms with van der Waals surface area (Å²) in [6.45, 7) is 0.289. The van der Waals surface area contributed by atoms with Crippen molar-refractivity contribution >= 4 is 17.4 Å². The number of primary amides is 1. The highest BCUT2D eigenvalue weighted by atomic mass is 16.2. The second-order valence-electron chi connectivity index (χ2n) is 3.99. The lowest BCUT2D eigenvalue weighted by atomic mass is 10.4. The smallest absolute Gasteiger partial charge is 0.329 e. The van der Waals surface area contributed by atoms with Crippen LogP contribution in [0.5, 0.6) is 0 Å². The van der Waals surface area contributed by atoms with E-state index < -0.39 is 17.2 Å². The quantitative estimate of drug-likeness (QED) is 0.608. The molecule has 2 rings (SSSR count). The van der Waals surface area contributed by atoms with Crippen LogP contribution in [0.25, 0.3) is 0 Å². The number of rotatable bonds is 2. The number of carbonyl (C=O) groups is 1. The summed E-state index contributed by atoms with van der Waals surface area (Å²) in [6, 6.07) is 0. The number of nitrogens with two attached hydrogens (primary N) is 1. The Morgan fingerprint density at radius 3 is 2.65 bits per heavy atom. The second kappa shape index (κ2) is 3.65. The third-order valence-electron chi connectivity index (χ3n) is 2.68. The molecule has 8 heteroatoms. The van der Waals surface area contributed by atoms with Crippen molar-refractivity contribution in [3.63, 3.8) is 0 Å². The summed E-state index contributed by atoms with van der Waals surface area (Å²) in [4.78, 5) is 39.5. The Morgan fingerprint density at radius 1 is 1.41 bits per heavy atom. The Morgan fingerprint density at radius 2 is 2.06 bits per heavy atom. The molecule has 0 saturated carbocycles. The molecule has 0 spiro atoms. The summed E-state index contributed by atoms with van der Waals surface area (Å²) < 4.78 is 1.33. The van der Waals surface area contributed by atoms with Crippen molar-refractivity contribution in [2.45, 2.75) is 0 Å². The molecule has 3 N–H and O–H groups in total. The molecule has 0 unspecified atom stereocenters. The average Bonchev–Trinajstić information content (AvgIpc) is 2.51. The number of nitrogens with zero attached hydrogens (tertiary/aromatic N) is 3. The van der Waals surface area contributed by atoms with Crippen molar-refractivity contribution < 1.29 is 4.79 Å². The highest BCUT2D eigenvalue weighted by molar-refractivity contribution is 5.83. The summed E-state index contributed by atoms with van der Waals surface area (Å²) >= 11 is 0. The van der Waals surface area contributed by atoms with E-state index in [1.165, 1.54) is 9.47 Å². The number of hydrogen-bond donors (Lipinski definition) is 2. The predicted octanol–water partition coefficient (Wildman–Crippen LogP) is -2.23. The molecule has 1 aromatic heterocycles. The monoisotopic (exact) mass is 239 g/mol. The van der Waals surface area contributed by atoms with Crippen molar-refractivity contribution in [1.29, 1.82) is 0 Å². The van der Waals surface area contributed by atoms with Crippen LogP contribution in [0.3, 0.4) is 0 Å². The minimum atomic E-state index is -0.528. The third kappa shape index (κ3) is 1.67. The van der Waals surface area contributed by atoms with Crippen molar-refractivity contribution in [3.05, 3.63) is 20.8 Å². The number of H-pyrrole nitrogens is 1. The third-order valence-corrected chi connectivity index (χ3v) is 2.68. The summed E-state index contributed by atoms with van der Waals surface area (Å²) in [5.41, 5.74) is 4.42. The summed E-state index contributed by atoms with van der Waals surface area (Å²) in [5, 5.41) is 0. The van der Waals surface area contributed by atoms with E-state index in [1.807, 2.05) is 0 Å². The number of nitrogens with one attached hydrogen (secondary N) is 1. The van der Waals surface area contributed by atoms with Gasteiger partial charge in [0.2, 0.25) is 5.91 Å². The van der Waals surface area contributed by atoms with E-state index >= 15 is 0 Å². The molecular formula is C9H13N5O3. The van der Waals surface area contributed by atoms with Gasteiger partial charge in [-0.3, -0.25) is 19.1 Å². The maximum Gasteiger partial charge on any atom is 0.329 e. The largest absolute Gasteiger partial charge is 0.368 e. The normalized spacial score (nSPS) is 14.0. The van der Waals surface area contributed by atoms with Crippen LogP contribution in [0.15, 0.2) is 9.59 Å². The predicted molar refractivity (Wildman–Crippen MR) is 62.1 cm³/mol. The second-order valence-corrected chi connectivity index (χ2v) is 3.99. The zero-order valence-corrected chi connectivity index (χ0v) is 9.56. The van der Waals surface area contributed by atoms with Gasteiger partial charge in [0.05, 0.1) is 13.2 Å². The van der Waals surface area contributed by atoms with Gasteiger partial charge in [-0.2, -0.15) is 0 Å². The Balaban J connectivity index is 2.62. The Kier molecular flexibility index (Phi) is 2.41. The lowest BCUT2D eigenvalue weighted by Crippen LogP contribution is -2.37. The van der Waals surface area contributed by atoms with E-state index in [9.17, 15) is 14.4 Å². The zero-order valence-electron chi connectivity index (χ0n) is 9.56.